The molecule has 1 atom stereocenters. The number of aliphatic hydroxyl groups is 1. The molecule has 10 heteroatoms. The minimum atomic E-state index is -1.53. The fourth-order valence-electron chi connectivity index (χ4n) is 3.52. The quantitative estimate of drug-likeness (QED) is 0.330. The van der Waals surface area contributed by atoms with Crippen LogP contribution in [0.5, 0.6) is 0 Å². The molecule has 0 aromatic rings. The maximum absolute atomic E-state index is 12.4. The molecule has 10 nitrogen and oxygen atoms in total. The van der Waals surface area contributed by atoms with Gasteiger partial charge in [0, 0.05) is 45.4 Å². The van der Waals surface area contributed by atoms with Crippen LogP contribution in [0.3, 0.4) is 0 Å². The molecule has 0 bridgehead atoms. The van der Waals surface area contributed by atoms with E-state index in [0.29, 0.717) is 37.5 Å². The molecular weight excluding hydrogens is 398 g/mol. The van der Waals surface area contributed by atoms with Crippen LogP contribution in [0.15, 0.2) is 12.3 Å². The highest BCUT2D eigenvalue weighted by atomic mass is 16.7. The Morgan fingerprint density at radius 1 is 1.20 bits per heavy atom. The number of likely N-dealkylation sites (tertiary alicyclic amines) is 1. The number of hydrogen-bond acceptors (Lipinski definition) is 7. The second kappa shape index (κ2) is 10.5. The van der Waals surface area contributed by atoms with Crippen molar-refractivity contribution in [1.29, 1.82) is 0 Å². The van der Waals surface area contributed by atoms with Crippen LogP contribution in [0, 0.1) is 5.92 Å². The zero-order chi connectivity index (χ0) is 22.3. The summed E-state index contributed by atoms with van der Waals surface area (Å²) in [5, 5.41) is 16.8. The van der Waals surface area contributed by atoms with Crippen molar-refractivity contribution in [2.75, 3.05) is 26.2 Å². The van der Waals surface area contributed by atoms with E-state index in [1.807, 2.05) is 13.8 Å². The summed E-state index contributed by atoms with van der Waals surface area (Å²) in [6.07, 6.45) is 1.74. The highest BCUT2D eigenvalue weighted by Crippen LogP contribution is 2.27. The fraction of sp³-hybridized carbons (Fsp3) is 0.700. The summed E-state index contributed by atoms with van der Waals surface area (Å²) in [6.45, 7) is 9.11. The van der Waals surface area contributed by atoms with Gasteiger partial charge in [-0.05, 0) is 18.8 Å². The van der Waals surface area contributed by atoms with E-state index in [2.05, 4.69) is 17.2 Å². The van der Waals surface area contributed by atoms with Crippen molar-refractivity contribution in [3.05, 3.63) is 12.3 Å². The first-order chi connectivity index (χ1) is 14.1. The third kappa shape index (κ3) is 6.27. The Hall–Kier alpha value is -2.46. The highest BCUT2D eigenvalue weighted by Gasteiger charge is 2.45. The topological polar surface area (TPSA) is 128 Å². The van der Waals surface area contributed by atoms with Gasteiger partial charge >= 0.3 is 5.97 Å². The van der Waals surface area contributed by atoms with Crippen LogP contribution in [0.2, 0.25) is 0 Å². The lowest BCUT2D eigenvalue weighted by molar-refractivity contribution is -0.186. The lowest BCUT2D eigenvalue weighted by Gasteiger charge is -2.33. The summed E-state index contributed by atoms with van der Waals surface area (Å²) in [7, 11) is 0. The van der Waals surface area contributed by atoms with Crippen molar-refractivity contribution in [3.63, 3.8) is 0 Å². The Balaban J connectivity index is 1.64. The highest BCUT2D eigenvalue weighted by molar-refractivity contribution is 5.85. The summed E-state index contributed by atoms with van der Waals surface area (Å²) in [6, 6.07) is 0. The number of carbonyl (C=O) groups excluding carboxylic acids is 4. The van der Waals surface area contributed by atoms with Gasteiger partial charge in [0.2, 0.25) is 5.91 Å². The maximum Gasteiger partial charge on any atom is 0.334 e. The Morgan fingerprint density at radius 3 is 2.53 bits per heavy atom. The van der Waals surface area contributed by atoms with Crippen LogP contribution in [-0.4, -0.2) is 70.7 Å². The molecule has 3 N–H and O–H groups in total. The van der Waals surface area contributed by atoms with Crippen molar-refractivity contribution in [3.8, 4) is 0 Å². The predicted octanol–water partition coefficient (Wildman–Crippen LogP) is 0.0337. The molecule has 3 amide bonds. The number of nitrogens with zero attached hydrogens (tertiary/aromatic N) is 2. The van der Waals surface area contributed by atoms with E-state index in [0.717, 1.165) is 11.5 Å². The lowest BCUT2D eigenvalue weighted by atomic mass is 10.1. The van der Waals surface area contributed by atoms with E-state index in [-0.39, 0.29) is 44.2 Å². The largest absolute Gasteiger partial charge is 0.367 e. The molecular formula is C20H32N4O6. The Kier molecular flexibility index (Phi) is 8.36. The third-order valence-electron chi connectivity index (χ3n) is 5.05. The van der Waals surface area contributed by atoms with Gasteiger partial charge in [0.15, 0.2) is 5.72 Å². The number of amides is 3. The van der Waals surface area contributed by atoms with Crippen molar-refractivity contribution in [2.24, 2.45) is 5.92 Å². The SMILES string of the molecule is C=C1CCC(=O)N1OC(=O)CC[15NH][13C](=O)CC[15NH]C(=O)C1(O)CCCN1C[13CH]([13CH3])[13CH3]. The number of allylic oxidation sites excluding steroid dienone is 1. The van der Waals surface area contributed by atoms with Crippen molar-refractivity contribution >= 4 is 23.7 Å². The Bertz CT molecular complexity index is 679. The predicted molar refractivity (Wildman–Crippen MR) is 107 cm³/mol. The summed E-state index contributed by atoms with van der Waals surface area (Å²) in [5.41, 5.74) is -1.09. The number of hydrogen-bond donors (Lipinski definition) is 3. The van der Waals surface area contributed by atoms with Crippen molar-refractivity contribution < 1.29 is 29.1 Å². The summed E-state index contributed by atoms with van der Waals surface area (Å²) in [4.78, 5) is 54.3. The van der Waals surface area contributed by atoms with E-state index >= 15 is 0 Å². The van der Waals surface area contributed by atoms with Crippen LogP contribution in [0.1, 0.15) is 52.4 Å². The van der Waals surface area contributed by atoms with Gasteiger partial charge in [-0.1, -0.05) is 20.4 Å². The van der Waals surface area contributed by atoms with Gasteiger partial charge in [-0.2, -0.15) is 0 Å². The smallest absolute Gasteiger partial charge is 0.334 e. The molecule has 1 unspecified atom stereocenters. The Morgan fingerprint density at radius 2 is 1.90 bits per heavy atom. The van der Waals surface area contributed by atoms with Crippen LogP contribution in [-0.2, 0) is 24.0 Å². The summed E-state index contributed by atoms with van der Waals surface area (Å²) < 4.78 is 0. The summed E-state index contributed by atoms with van der Waals surface area (Å²) in [5.74, 6) is -1.48. The summed E-state index contributed by atoms with van der Waals surface area (Å²) >= 11 is 0. The van der Waals surface area contributed by atoms with Gasteiger partial charge in [0.05, 0.1) is 12.1 Å². The molecule has 0 saturated carbocycles. The van der Waals surface area contributed by atoms with Gasteiger partial charge < -0.3 is 20.6 Å². The first-order valence-electron chi connectivity index (χ1n) is 10.4. The second-order valence-corrected chi connectivity index (χ2v) is 8.08. The first-order valence-corrected chi connectivity index (χ1v) is 10.4. The van der Waals surface area contributed by atoms with E-state index < -0.39 is 17.6 Å². The molecule has 30 heavy (non-hydrogen) atoms. The van der Waals surface area contributed by atoms with Crippen molar-refractivity contribution in [2.45, 2.75) is 58.1 Å². The standard InChI is InChI=1S/C20H32N4O6/c1-14(2)13-23-12-4-9-20(23,29)19(28)22-10-7-16(25)21-11-8-18(27)30-24-15(3)5-6-17(24)26/h14,29H,3-13H2,1-2H3,(H,21,25)(H,22,28)/i1+1,2+1,14+1,16+1,21+1,22+1. The molecule has 0 aliphatic carbocycles. The normalized spacial score (nSPS) is 21.9. The fourth-order valence-corrected chi connectivity index (χ4v) is 3.52. The molecule has 2 rings (SSSR count). The van der Waals surface area contributed by atoms with Crippen LogP contribution in [0.4, 0.5) is 0 Å². The monoisotopic (exact) mass is 430 g/mol. The van der Waals surface area contributed by atoms with E-state index in [9.17, 15) is 24.3 Å². The second-order valence-electron chi connectivity index (χ2n) is 8.08. The molecule has 2 fully saturated rings. The molecule has 2 heterocycles. The van der Waals surface area contributed by atoms with Crippen LogP contribution >= 0.6 is 0 Å². The van der Waals surface area contributed by atoms with Crippen LogP contribution in [0.25, 0.3) is 0 Å². The average Bonchev–Trinajstić information content (AvgIpc) is 3.19. The minimum Gasteiger partial charge on any atom is -0.367 e. The molecule has 0 aromatic heterocycles. The van der Waals surface area contributed by atoms with Gasteiger partial charge in [-0.25, -0.2) is 4.79 Å². The number of rotatable bonds is 10. The van der Waals surface area contributed by atoms with Crippen LogP contribution < -0.4 is 10.6 Å². The minimum absolute atomic E-state index is 0.0163. The number of nitrogens with one attached hydrogen (secondary N) is 2. The average molecular weight is 430 g/mol. The molecule has 2 saturated heterocycles. The molecule has 0 aromatic carbocycles. The maximum atomic E-state index is 12.4. The molecule has 0 spiro atoms. The molecule has 168 valence electrons. The van der Waals surface area contributed by atoms with E-state index in [1.54, 1.807) is 4.90 Å². The van der Waals surface area contributed by atoms with E-state index in [1.165, 1.54) is 0 Å². The zero-order valence-corrected chi connectivity index (χ0v) is 17.7. The first kappa shape index (κ1) is 23.8. The lowest BCUT2D eigenvalue weighted by Crippen LogP contribution is -2.56. The van der Waals surface area contributed by atoms with Gasteiger partial charge in [-0.15, -0.1) is 5.06 Å². The Labute approximate surface area is 176 Å². The van der Waals surface area contributed by atoms with Gasteiger partial charge in [0.1, 0.15) is 0 Å². The molecule has 0 radical (unpaired) electrons. The number of carbonyl (C=O) groups is 4. The third-order valence-corrected chi connectivity index (χ3v) is 5.05. The van der Waals surface area contributed by atoms with E-state index in [4.69, 9.17) is 4.84 Å². The van der Waals surface area contributed by atoms with Gasteiger partial charge in [0.25, 0.3) is 11.8 Å². The molecule has 2 aliphatic heterocycles. The number of hydroxylamine groups is 2. The van der Waals surface area contributed by atoms with Crippen molar-refractivity contribution in [1.82, 2.24) is 20.6 Å². The van der Waals surface area contributed by atoms with Gasteiger partial charge in [-0.3, -0.25) is 19.3 Å². The zero-order valence-electron chi connectivity index (χ0n) is 17.7. The molecule has 2 aliphatic rings.